The first kappa shape index (κ1) is 17.2. The number of ether oxygens (including phenoxy) is 1. The van der Waals surface area contributed by atoms with Crippen molar-refractivity contribution < 1.29 is 14.2 Å². The summed E-state index contributed by atoms with van der Waals surface area (Å²) in [6.45, 7) is 9.56. The van der Waals surface area contributed by atoms with Crippen molar-refractivity contribution in [1.29, 1.82) is 0 Å². The minimum Gasteiger partial charge on any atom is -0.389 e. The van der Waals surface area contributed by atoms with E-state index in [2.05, 4.69) is 5.32 Å². The molecule has 0 amide bonds. The van der Waals surface area contributed by atoms with Gasteiger partial charge in [0.2, 0.25) is 0 Å². The zero-order chi connectivity index (χ0) is 16.2. The van der Waals surface area contributed by atoms with Gasteiger partial charge in [0.05, 0.1) is 24.5 Å². The summed E-state index contributed by atoms with van der Waals surface area (Å²) in [6.07, 6.45) is 0. The Hall–Kier alpha value is -1.17. The number of rotatable bonds is 6. The van der Waals surface area contributed by atoms with Crippen molar-refractivity contribution >= 4 is 5.69 Å². The summed E-state index contributed by atoms with van der Waals surface area (Å²) in [5, 5.41) is 13.4. The van der Waals surface area contributed by atoms with Gasteiger partial charge in [0.25, 0.3) is 0 Å². The lowest BCUT2D eigenvalue weighted by molar-refractivity contribution is 0.0140. The third-order valence-electron chi connectivity index (χ3n) is 4.42. The number of hydrogen-bond acceptors (Lipinski definition) is 4. The standard InChI is InChI=1S/C17H27FN2O2/c1-13(2)17(3,21)12-19-11-14-4-5-16(15(18)10-14)20-6-8-22-9-7-20/h4-5,10,13,19,21H,6-9,11-12H2,1-3H3. The van der Waals surface area contributed by atoms with E-state index in [-0.39, 0.29) is 11.7 Å². The average Bonchev–Trinajstić information content (AvgIpc) is 2.48. The second kappa shape index (κ2) is 7.40. The Labute approximate surface area is 132 Å². The van der Waals surface area contributed by atoms with E-state index in [1.54, 1.807) is 6.07 Å². The van der Waals surface area contributed by atoms with Crippen LogP contribution in [0.2, 0.25) is 0 Å². The number of nitrogens with one attached hydrogen (secondary N) is 1. The van der Waals surface area contributed by atoms with Gasteiger partial charge in [-0.2, -0.15) is 0 Å². The monoisotopic (exact) mass is 310 g/mol. The Balaban J connectivity index is 1.92. The van der Waals surface area contributed by atoms with E-state index >= 15 is 0 Å². The number of aliphatic hydroxyl groups is 1. The zero-order valence-corrected chi connectivity index (χ0v) is 13.7. The Morgan fingerprint density at radius 1 is 1.36 bits per heavy atom. The molecule has 0 aliphatic carbocycles. The van der Waals surface area contributed by atoms with Gasteiger partial charge in [-0.05, 0) is 30.5 Å². The number of benzene rings is 1. The molecule has 4 nitrogen and oxygen atoms in total. The third-order valence-corrected chi connectivity index (χ3v) is 4.42. The molecule has 0 saturated carbocycles. The van der Waals surface area contributed by atoms with Crippen molar-refractivity contribution in [3.63, 3.8) is 0 Å². The summed E-state index contributed by atoms with van der Waals surface area (Å²) < 4.78 is 19.6. The highest BCUT2D eigenvalue weighted by Gasteiger charge is 2.24. The second-order valence-corrected chi connectivity index (χ2v) is 6.50. The van der Waals surface area contributed by atoms with Gasteiger partial charge in [0.1, 0.15) is 5.82 Å². The number of morpholine rings is 1. The molecule has 1 aliphatic heterocycles. The van der Waals surface area contributed by atoms with Crippen LogP contribution < -0.4 is 10.2 Å². The molecule has 1 aromatic rings. The fourth-order valence-electron chi connectivity index (χ4n) is 2.39. The molecule has 1 atom stereocenters. The van der Waals surface area contributed by atoms with E-state index in [0.717, 1.165) is 18.7 Å². The van der Waals surface area contributed by atoms with Gasteiger partial charge in [-0.15, -0.1) is 0 Å². The van der Waals surface area contributed by atoms with E-state index in [4.69, 9.17) is 4.74 Å². The number of halogens is 1. The smallest absolute Gasteiger partial charge is 0.146 e. The van der Waals surface area contributed by atoms with Gasteiger partial charge < -0.3 is 20.1 Å². The Bertz CT molecular complexity index is 486. The molecule has 1 fully saturated rings. The maximum Gasteiger partial charge on any atom is 0.146 e. The predicted molar refractivity (Wildman–Crippen MR) is 86.6 cm³/mol. The molecular formula is C17H27FN2O2. The van der Waals surface area contributed by atoms with Gasteiger partial charge in [0, 0.05) is 26.2 Å². The largest absolute Gasteiger partial charge is 0.389 e. The molecule has 1 heterocycles. The average molecular weight is 310 g/mol. The van der Waals surface area contributed by atoms with E-state index in [0.29, 0.717) is 32.0 Å². The maximum atomic E-state index is 14.3. The minimum absolute atomic E-state index is 0.167. The summed E-state index contributed by atoms with van der Waals surface area (Å²) in [6, 6.07) is 5.34. The lowest BCUT2D eigenvalue weighted by atomic mass is 9.92. The van der Waals surface area contributed by atoms with Crippen LogP contribution in [0.3, 0.4) is 0 Å². The van der Waals surface area contributed by atoms with Crippen molar-refractivity contribution in [3.05, 3.63) is 29.6 Å². The summed E-state index contributed by atoms with van der Waals surface area (Å²) in [7, 11) is 0. The van der Waals surface area contributed by atoms with Gasteiger partial charge in [-0.25, -0.2) is 4.39 Å². The molecule has 1 saturated heterocycles. The lowest BCUT2D eigenvalue weighted by Gasteiger charge is -2.29. The van der Waals surface area contributed by atoms with Crippen LogP contribution in [0.4, 0.5) is 10.1 Å². The van der Waals surface area contributed by atoms with Crippen LogP contribution in [0.1, 0.15) is 26.3 Å². The van der Waals surface area contributed by atoms with E-state index < -0.39 is 5.60 Å². The number of anilines is 1. The quantitative estimate of drug-likeness (QED) is 0.845. The molecule has 2 N–H and O–H groups in total. The molecule has 1 aromatic carbocycles. The molecule has 22 heavy (non-hydrogen) atoms. The predicted octanol–water partition coefficient (Wildman–Crippen LogP) is 2.16. The lowest BCUT2D eigenvalue weighted by Crippen LogP contribution is -2.42. The third kappa shape index (κ3) is 4.41. The van der Waals surface area contributed by atoms with Crippen molar-refractivity contribution in [2.45, 2.75) is 32.9 Å². The summed E-state index contributed by atoms with van der Waals surface area (Å²) in [5.74, 6) is -0.0303. The first-order valence-electron chi connectivity index (χ1n) is 7.94. The molecule has 0 radical (unpaired) electrons. The van der Waals surface area contributed by atoms with Gasteiger partial charge in [-0.3, -0.25) is 0 Å². The van der Waals surface area contributed by atoms with Gasteiger partial charge in [0.15, 0.2) is 0 Å². The van der Waals surface area contributed by atoms with Crippen molar-refractivity contribution in [3.8, 4) is 0 Å². The van der Waals surface area contributed by atoms with Crippen molar-refractivity contribution in [2.24, 2.45) is 5.92 Å². The van der Waals surface area contributed by atoms with Crippen LogP contribution in [0, 0.1) is 11.7 Å². The van der Waals surface area contributed by atoms with Crippen LogP contribution in [-0.4, -0.2) is 43.6 Å². The Morgan fingerprint density at radius 2 is 2.05 bits per heavy atom. The fraction of sp³-hybridized carbons (Fsp3) is 0.647. The number of hydrogen-bond donors (Lipinski definition) is 2. The maximum absolute atomic E-state index is 14.3. The summed E-state index contributed by atoms with van der Waals surface area (Å²) >= 11 is 0. The molecule has 2 rings (SSSR count). The molecule has 0 aromatic heterocycles. The number of nitrogens with zero attached hydrogens (tertiary/aromatic N) is 1. The zero-order valence-electron chi connectivity index (χ0n) is 13.7. The van der Waals surface area contributed by atoms with E-state index in [9.17, 15) is 9.50 Å². The Morgan fingerprint density at radius 3 is 2.64 bits per heavy atom. The van der Waals surface area contributed by atoms with Crippen LogP contribution in [0.15, 0.2) is 18.2 Å². The van der Waals surface area contributed by atoms with Crippen LogP contribution in [-0.2, 0) is 11.3 Å². The molecule has 1 aliphatic rings. The first-order chi connectivity index (χ1) is 10.4. The van der Waals surface area contributed by atoms with Crippen molar-refractivity contribution in [1.82, 2.24) is 5.32 Å². The van der Waals surface area contributed by atoms with E-state index in [1.807, 2.05) is 37.8 Å². The van der Waals surface area contributed by atoms with E-state index in [1.165, 1.54) is 0 Å². The topological polar surface area (TPSA) is 44.7 Å². The van der Waals surface area contributed by atoms with Crippen molar-refractivity contribution in [2.75, 3.05) is 37.7 Å². The first-order valence-corrected chi connectivity index (χ1v) is 7.94. The fourth-order valence-corrected chi connectivity index (χ4v) is 2.39. The highest BCUT2D eigenvalue weighted by Crippen LogP contribution is 2.22. The molecule has 1 unspecified atom stereocenters. The molecule has 5 heteroatoms. The van der Waals surface area contributed by atoms with Crippen LogP contribution in [0.25, 0.3) is 0 Å². The SMILES string of the molecule is CC(C)C(C)(O)CNCc1ccc(N2CCOCC2)c(F)c1. The van der Waals surface area contributed by atoms with Gasteiger partial charge in [-0.1, -0.05) is 19.9 Å². The summed E-state index contributed by atoms with van der Waals surface area (Å²) in [4.78, 5) is 2.01. The van der Waals surface area contributed by atoms with Crippen LogP contribution in [0.5, 0.6) is 0 Å². The molecule has 124 valence electrons. The molecular weight excluding hydrogens is 283 g/mol. The van der Waals surface area contributed by atoms with Crippen LogP contribution >= 0.6 is 0 Å². The summed E-state index contributed by atoms with van der Waals surface area (Å²) in [5.41, 5.74) is 0.766. The minimum atomic E-state index is -0.758. The molecule has 0 spiro atoms. The van der Waals surface area contributed by atoms with Gasteiger partial charge >= 0.3 is 0 Å². The normalized spacial score (nSPS) is 18.5. The Kier molecular flexibility index (Phi) is 5.78. The molecule has 0 bridgehead atoms. The highest BCUT2D eigenvalue weighted by atomic mass is 19.1. The second-order valence-electron chi connectivity index (χ2n) is 6.50. The highest BCUT2D eigenvalue weighted by molar-refractivity contribution is 5.49.